The summed E-state index contributed by atoms with van der Waals surface area (Å²) in [5.74, 6) is 0.368. The van der Waals surface area contributed by atoms with Crippen LogP contribution in [0.5, 0.6) is 0 Å². The zero-order valence-corrected chi connectivity index (χ0v) is 12.2. The largest absolute Gasteiger partial charge is 0.393 e. The molecule has 0 amide bonds. The van der Waals surface area contributed by atoms with Crippen molar-refractivity contribution in [3.8, 4) is 0 Å². The number of aliphatic hydroxyl groups excluding tert-OH is 1. The molecule has 1 N–H and O–H groups in total. The third-order valence-electron chi connectivity index (χ3n) is 3.43. The first-order chi connectivity index (χ1) is 8.07. The normalized spacial score (nSPS) is 14.6. The van der Waals surface area contributed by atoms with Gasteiger partial charge in [-0.1, -0.05) is 64.4 Å². The summed E-state index contributed by atoms with van der Waals surface area (Å²) < 4.78 is 0. The second-order valence-corrected chi connectivity index (χ2v) is 5.62. The molecule has 102 valence electrons. The fourth-order valence-corrected chi connectivity index (χ4v) is 2.28. The number of hydrogen-bond acceptors (Lipinski definition) is 1. The third kappa shape index (κ3) is 10.6. The van der Waals surface area contributed by atoms with E-state index >= 15 is 0 Å². The van der Waals surface area contributed by atoms with Gasteiger partial charge in [-0.25, -0.2) is 0 Å². The molecule has 0 spiro atoms. The average molecular weight is 240 g/mol. The summed E-state index contributed by atoms with van der Waals surface area (Å²) in [5.41, 5.74) is 1.18. The van der Waals surface area contributed by atoms with Crippen molar-refractivity contribution in [3.05, 3.63) is 12.2 Å². The van der Waals surface area contributed by atoms with Crippen molar-refractivity contribution in [1.82, 2.24) is 0 Å². The Balaban J connectivity index is 3.38. The summed E-state index contributed by atoms with van der Waals surface area (Å²) in [7, 11) is 0. The minimum Gasteiger partial charge on any atom is -0.393 e. The van der Waals surface area contributed by atoms with Gasteiger partial charge < -0.3 is 5.11 Å². The third-order valence-corrected chi connectivity index (χ3v) is 3.43. The van der Waals surface area contributed by atoms with E-state index in [2.05, 4.69) is 20.4 Å². The zero-order chi connectivity index (χ0) is 13.1. The van der Waals surface area contributed by atoms with Gasteiger partial charge in [-0.3, -0.25) is 0 Å². The van der Waals surface area contributed by atoms with E-state index in [0.717, 1.165) is 12.8 Å². The van der Waals surface area contributed by atoms with Crippen molar-refractivity contribution in [1.29, 1.82) is 0 Å². The Labute approximate surface area is 108 Å². The fraction of sp³-hybridized carbons (Fsp3) is 0.875. The molecule has 0 aromatic carbocycles. The maximum Gasteiger partial charge on any atom is 0.0568 e. The Bertz CT molecular complexity index is 186. The molecule has 0 aromatic rings. The molecule has 0 radical (unpaired) electrons. The molecule has 0 aliphatic heterocycles. The molecular formula is C16H32O. The van der Waals surface area contributed by atoms with Crippen LogP contribution >= 0.6 is 0 Å². The van der Waals surface area contributed by atoms with Crippen LogP contribution in [-0.4, -0.2) is 11.2 Å². The maximum atomic E-state index is 9.97. The standard InChI is InChI=1S/C16H32O/c1-5-6-7-8-9-10-11-12-16(17)15(4)13-14(2)3/h15-17H,2,5-13H2,1,3-4H3. The molecule has 0 heterocycles. The minimum absolute atomic E-state index is 0.137. The molecule has 2 atom stereocenters. The molecule has 1 heteroatoms. The lowest BCUT2D eigenvalue weighted by Gasteiger charge is -2.18. The van der Waals surface area contributed by atoms with Crippen molar-refractivity contribution in [2.75, 3.05) is 0 Å². The molecule has 17 heavy (non-hydrogen) atoms. The number of allylic oxidation sites excluding steroid dienone is 1. The summed E-state index contributed by atoms with van der Waals surface area (Å²) in [6.45, 7) is 10.3. The van der Waals surface area contributed by atoms with Crippen molar-refractivity contribution in [2.24, 2.45) is 5.92 Å². The van der Waals surface area contributed by atoms with E-state index in [-0.39, 0.29) is 6.10 Å². The quantitative estimate of drug-likeness (QED) is 0.394. The second-order valence-electron chi connectivity index (χ2n) is 5.62. The highest BCUT2D eigenvalue weighted by Gasteiger charge is 2.13. The number of unbranched alkanes of at least 4 members (excludes halogenated alkanes) is 6. The van der Waals surface area contributed by atoms with Crippen LogP contribution in [0.25, 0.3) is 0 Å². The zero-order valence-electron chi connectivity index (χ0n) is 12.2. The molecule has 1 nitrogen and oxygen atoms in total. The molecule has 0 rings (SSSR count). The highest BCUT2D eigenvalue weighted by Crippen LogP contribution is 2.18. The Kier molecular flexibility index (Phi) is 10.6. The van der Waals surface area contributed by atoms with Gasteiger partial charge >= 0.3 is 0 Å². The van der Waals surface area contributed by atoms with E-state index < -0.39 is 0 Å². The van der Waals surface area contributed by atoms with Crippen LogP contribution in [0.15, 0.2) is 12.2 Å². The van der Waals surface area contributed by atoms with Gasteiger partial charge in [0.05, 0.1) is 6.10 Å². The minimum atomic E-state index is -0.137. The lowest BCUT2D eigenvalue weighted by atomic mass is 9.93. The molecule has 0 aromatic heterocycles. The predicted octanol–water partition coefficient (Wildman–Crippen LogP) is 5.09. The lowest BCUT2D eigenvalue weighted by molar-refractivity contribution is 0.104. The molecule has 0 bridgehead atoms. The summed E-state index contributed by atoms with van der Waals surface area (Å²) in [6.07, 6.45) is 11.0. The van der Waals surface area contributed by atoms with Gasteiger partial charge in [0.15, 0.2) is 0 Å². The SMILES string of the molecule is C=C(C)CC(C)C(O)CCCCCCCCC. The average Bonchev–Trinajstić information content (AvgIpc) is 2.26. The van der Waals surface area contributed by atoms with Crippen molar-refractivity contribution >= 4 is 0 Å². The molecule has 0 saturated carbocycles. The smallest absolute Gasteiger partial charge is 0.0568 e. The Hall–Kier alpha value is -0.300. The van der Waals surface area contributed by atoms with Gasteiger partial charge in [0, 0.05) is 0 Å². The summed E-state index contributed by atoms with van der Waals surface area (Å²) >= 11 is 0. The van der Waals surface area contributed by atoms with E-state index in [1.807, 2.05) is 6.92 Å². The summed E-state index contributed by atoms with van der Waals surface area (Å²) in [4.78, 5) is 0. The maximum absolute atomic E-state index is 9.97. The van der Waals surface area contributed by atoms with Crippen LogP contribution in [0.2, 0.25) is 0 Å². The van der Waals surface area contributed by atoms with Crippen LogP contribution < -0.4 is 0 Å². The van der Waals surface area contributed by atoms with Gasteiger partial charge in [0.25, 0.3) is 0 Å². The first-order valence-electron chi connectivity index (χ1n) is 7.40. The van der Waals surface area contributed by atoms with Crippen LogP contribution in [-0.2, 0) is 0 Å². The van der Waals surface area contributed by atoms with Crippen LogP contribution in [0.3, 0.4) is 0 Å². The van der Waals surface area contributed by atoms with Gasteiger partial charge in [-0.05, 0) is 25.7 Å². The lowest BCUT2D eigenvalue weighted by Crippen LogP contribution is -2.17. The predicted molar refractivity (Wildman–Crippen MR) is 77.2 cm³/mol. The first kappa shape index (κ1) is 16.7. The van der Waals surface area contributed by atoms with E-state index in [1.54, 1.807) is 0 Å². The Morgan fingerprint density at radius 3 is 2.12 bits per heavy atom. The Morgan fingerprint density at radius 1 is 1.06 bits per heavy atom. The van der Waals surface area contributed by atoms with E-state index in [9.17, 15) is 5.11 Å². The molecule has 0 aliphatic carbocycles. The van der Waals surface area contributed by atoms with Crippen molar-refractivity contribution < 1.29 is 5.11 Å². The number of rotatable bonds is 11. The molecule has 2 unspecified atom stereocenters. The van der Waals surface area contributed by atoms with Gasteiger partial charge in [-0.2, -0.15) is 0 Å². The van der Waals surface area contributed by atoms with Gasteiger partial charge in [0.2, 0.25) is 0 Å². The molecule has 0 aliphatic rings. The van der Waals surface area contributed by atoms with Gasteiger partial charge in [-0.15, -0.1) is 6.58 Å². The first-order valence-corrected chi connectivity index (χ1v) is 7.40. The van der Waals surface area contributed by atoms with Crippen molar-refractivity contribution in [2.45, 2.75) is 84.7 Å². The molecular weight excluding hydrogens is 208 g/mol. The van der Waals surface area contributed by atoms with Crippen LogP contribution in [0.4, 0.5) is 0 Å². The highest BCUT2D eigenvalue weighted by molar-refractivity contribution is 4.90. The fourth-order valence-electron chi connectivity index (χ4n) is 2.28. The van der Waals surface area contributed by atoms with Crippen LogP contribution in [0.1, 0.15) is 78.6 Å². The summed E-state index contributed by atoms with van der Waals surface area (Å²) in [6, 6.07) is 0. The number of aliphatic hydroxyl groups is 1. The van der Waals surface area contributed by atoms with E-state index in [0.29, 0.717) is 5.92 Å². The summed E-state index contributed by atoms with van der Waals surface area (Å²) in [5, 5.41) is 9.97. The second kappa shape index (κ2) is 10.8. The molecule has 0 fully saturated rings. The van der Waals surface area contributed by atoms with Gasteiger partial charge in [0.1, 0.15) is 0 Å². The Morgan fingerprint density at radius 2 is 1.59 bits per heavy atom. The van der Waals surface area contributed by atoms with E-state index in [1.165, 1.54) is 50.5 Å². The highest BCUT2D eigenvalue weighted by atomic mass is 16.3. The van der Waals surface area contributed by atoms with Crippen LogP contribution in [0, 0.1) is 5.92 Å². The number of hydrogen-bond donors (Lipinski definition) is 1. The van der Waals surface area contributed by atoms with Crippen molar-refractivity contribution in [3.63, 3.8) is 0 Å². The van der Waals surface area contributed by atoms with E-state index in [4.69, 9.17) is 0 Å². The topological polar surface area (TPSA) is 20.2 Å². The molecule has 0 saturated heterocycles. The monoisotopic (exact) mass is 240 g/mol.